The molecule has 0 bridgehead atoms. The first-order chi connectivity index (χ1) is 64.5. The number of pyridine rings is 3. The Hall–Kier alpha value is -16.8. The van der Waals surface area contributed by atoms with Crippen molar-refractivity contribution in [2.24, 2.45) is 0 Å². The number of hydrogen-bond donors (Lipinski definition) is 0. The van der Waals surface area contributed by atoms with Gasteiger partial charge in [-0.1, -0.05) is 392 Å². The first kappa shape index (κ1) is 78.9. The van der Waals surface area contributed by atoms with Crippen molar-refractivity contribution in [3.8, 4) is 180 Å². The van der Waals surface area contributed by atoms with Gasteiger partial charge in [-0.15, -0.1) is 0 Å². The number of benzene rings is 15. The second-order valence-electron chi connectivity index (χ2n) is 35.0. The Morgan fingerprint density at radius 3 is 0.969 bits per heavy atom. The Morgan fingerprint density at radius 2 is 0.511 bits per heavy atom. The number of aromatic nitrogens is 9. The molecular weight excluding hydrogens is 1590 g/mol. The van der Waals surface area contributed by atoms with Crippen LogP contribution < -0.4 is 0 Å². The lowest BCUT2D eigenvalue weighted by atomic mass is 9.70. The zero-order valence-electron chi connectivity index (χ0n) is 72.7. The maximum absolute atomic E-state index is 5.30. The van der Waals surface area contributed by atoms with Gasteiger partial charge in [0.05, 0.1) is 39.6 Å². The molecular formula is C122H85N9. The molecule has 6 heterocycles. The monoisotopic (exact) mass is 1680 g/mol. The number of hydrogen-bond acceptors (Lipinski definition) is 9. The van der Waals surface area contributed by atoms with Gasteiger partial charge in [0.2, 0.25) is 0 Å². The summed E-state index contributed by atoms with van der Waals surface area (Å²) in [5, 5.41) is 2.61. The van der Waals surface area contributed by atoms with Gasteiger partial charge in [0.1, 0.15) is 0 Å². The molecule has 4 aliphatic rings. The second kappa shape index (κ2) is 32.6. The van der Waals surface area contributed by atoms with Gasteiger partial charge in [0.25, 0.3) is 0 Å². The first-order valence-electron chi connectivity index (χ1n) is 44.7. The largest absolute Gasteiger partial charge is 0.264 e. The summed E-state index contributed by atoms with van der Waals surface area (Å²) < 4.78 is 0. The first-order valence-corrected chi connectivity index (χ1v) is 44.7. The lowest BCUT2D eigenvalue weighted by Crippen LogP contribution is -2.25. The summed E-state index contributed by atoms with van der Waals surface area (Å²) in [4.78, 5) is 43.6. The molecule has 9 nitrogen and oxygen atoms in total. The zero-order chi connectivity index (χ0) is 87.7. The van der Waals surface area contributed by atoms with Crippen LogP contribution in [-0.2, 0) is 16.2 Å². The molecule has 6 aromatic heterocycles. The zero-order valence-corrected chi connectivity index (χ0v) is 72.7. The fourth-order valence-corrected chi connectivity index (χ4v) is 20.6. The van der Waals surface area contributed by atoms with Gasteiger partial charge in [-0.3, -0.25) is 15.0 Å². The molecule has 1 spiro atoms. The van der Waals surface area contributed by atoms with Crippen molar-refractivity contribution in [1.29, 1.82) is 0 Å². The predicted octanol–water partition coefficient (Wildman–Crippen LogP) is 29.7. The van der Waals surface area contributed by atoms with Crippen LogP contribution in [0.15, 0.2) is 444 Å². The fraction of sp³-hybridized carbons (Fsp3) is 0.0574. The Labute approximate surface area is 762 Å². The van der Waals surface area contributed by atoms with E-state index in [0.717, 1.165) is 129 Å². The van der Waals surface area contributed by atoms with E-state index in [9.17, 15) is 0 Å². The summed E-state index contributed by atoms with van der Waals surface area (Å²) >= 11 is 0. The van der Waals surface area contributed by atoms with E-state index < -0.39 is 5.41 Å². The smallest absolute Gasteiger partial charge is 0.160 e. The molecule has 0 atom stereocenters. The molecule has 15 aromatic carbocycles. The highest BCUT2D eigenvalue weighted by atomic mass is 14.9. The van der Waals surface area contributed by atoms with Gasteiger partial charge >= 0.3 is 0 Å². The number of fused-ring (bicyclic) bond motifs is 18. The van der Waals surface area contributed by atoms with Crippen LogP contribution in [0.4, 0.5) is 0 Å². The van der Waals surface area contributed by atoms with Crippen LogP contribution in [0.5, 0.6) is 0 Å². The Morgan fingerprint density at radius 1 is 0.183 bits per heavy atom. The molecule has 0 saturated heterocycles. The summed E-state index contributed by atoms with van der Waals surface area (Å²) in [5.74, 6) is 2.15. The van der Waals surface area contributed by atoms with Gasteiger partial charge in [0, 0.05) is 98.1 Å². The summed E-state index contributed by atoms with van der Waals surface area (Å²) in [7, 11) is 0. The Kier molecular flexibility index (Phi) is 19.6. The summed E-state index contributed by atoms with van der Waals surface area (Å²) in [5.41, 5.74) is 42.0. The average Bonchev–Trinajstić information content (AvgIpc) is 1.50. The van der Waals surface area contributed by atoms with E-state index in [2.05, 4.69) is 376 Å². The maximum atomic E-state index is 5.30. The van der Waals surface area contributed by atoms with Crippen molar-refractivity contribution in [3.63, 3.8) is 0 Å². The van der Waals surface area contributed by atoms with Gasteiger partial charge in [0.15, 0.2) is 17.5 Å². The molecule has 618 valence electrons. The molecule has 4 aliphatic carbocycles. The normalized spacial score (nSPS) is 13.1. The van der Waals surface area contributed by atoms with E-state index in [-0.39, 0.29) is 10.8 Å². The van der Waals surface area contributed by atoms with Gasteiger partial charge in [-0.05, 0) is 176 Å². The van der Waals surface area contributed by atoms with E-state index in [1.165, 1.54) is 99.8 Å². The van der Waals surface area contributed by atoms with E-state index in [0.29, 0.717) is 5.82 Å². The van der Waals surface area contributed by atoms with E-state index in [1.54, 1.807) is 18.6 Å². The highest BCUT2D eigenvalue weighted by molar-refractivity contribution is 6.02. The van der Waals surface area contributed by atoms with Crippen LogP contribution in [0, 0.1) is 0 Å². The van der Waals surface area contributed by atoms with Crippen LogP contribution in [0.1, 0.15) is 72.2 Å². The quantitative estimate of drug-likeness (QED) is 0.118. The third kappa shape index (κ3) is 13.8. The molecule has 0 aliphatic heterocycles. The van der Waals surface area contributed by atoms with Crippen LogP contribution >= 0.6 is 0 Å². The average molecular weight is 1680 g/mol. The minimum atomic E-state index is -0.407. The van der Waals surface area contributed by atoms with Crippen molar-refractivity contribution < 1.29 is 0 Å². The van der Waals surface area contributed by atoms with Crippen molar-refractivity contribution in [2.75, 3.05) is 0 Å². The van der Waals surface area contributed by atoms with Crippen molar-refractivity contribution in [2.45, 2.75) is 43.9 Å². The minimum absolute atomic E-state index is 0.0673. The maximum Gasteiger partial charge on any atom is 0.160 e. The molecule has 0 unspecified atom stereocenters. The predicted molar refractivity (Wildman–Crippen MR) is 534 cm³/mol. The molecule has 131 heavy (non-hydrogen) atoms. The molecule has 0 radical (unpaired) electrons. The molecule has 9 heteroatoms. The topological polar surface area (TPSA) is 116 Å². The second-order valence-corrected chi connectivity index (χ2v) is 35.0. The van der Waals surface area contributed by atoms with Crippen LogP contribution in [-0.4, -0.2) is 44.9 Å². The van der Waals surface area contributed by atoms with Gasteiger partial charge < -0.3 is 0 Å². The number of nitrogens with zero attached hydrogens (tertiary/aromatic N) is 9. The van der Waals surface area contributed by atoms with Crippen LogP contribution in [0.25, 0.3) is 190 Å². The molecule has 0 fully saturated rings. The van der Waals surface area contributed by atoms with Crippen molar-refractivity contribution in [1.82, 2.24) is 44.9 Å². The standard InChI is InChI=1S/C46H29N3.C40H29N3.C36H27N3/c1-2-12-32(13-3-1)45-48-42(31-25-23-30(24-26-31)33-14-11-27-47-29-33)28-43(49-45)37-18-10-22-41-44(37)36-17-6-9-21-40(36)46(41)38-19-7-4-15-34(38)35-16-5-8-20-39(35)46;1-40(2)35-21-19-30(23-34(35)33-20-18-27-9-6-7-13-32(27)38(33)40)37-24-36(42-39(43-37)29-10-4-3-5-11-29)28-16-14-26(15-17-28)31-12-8-22-41-25-31;1-36(2)30-15-7-6-13-28(30)34-29(14-8-16-31(34)36)33-22-32(38-35(39-33)26-10-4-3-5-11-26)25-19-17-24(18-20-25)27-12-9-21-37-23-27/h1-29H;3-25H,1-2H3;3-23H,1-2H3. The lowest BCUT2D eigenvalue weighted by Gasteiger charge is -2.30. The Balaban J connectivity index is 0.000000112. The lowest BCUT2D eigenvalue weighted by molar-refractivity contribution is 0.660. The van der Waals surface area contributed by atoms with Crippen molar-refractivity contribution in [3.05, 3.63) is 488 Å². The summed E-state index contributed by atoms with van der Waals surface area (Å²) in [6.07, 6.45) is 11.1. The van der Waals surface area contributed by atoms with Crippen LogP contribution in [0.3, 0.4) is 0 Å². The highest BCUT2D eigenvalue weighted by Gasteiger charge is 2.52. The molecule has 0 amide bonds. The van der Waals surface area contributed by atoms with Gasteiger partial charge in [-0.2, -0.15) is 0 Å². The third-order valence-electron chi connectivity index (χ3n) is 26.8. The highest BCUT2D eigenvalue weighted by Crippen LogP contribution is 2.64. The third-order valence-corrected chi connectivity index (χ3v) is 26.8. The molecule has 25 rings (SSSR count). The fourth-order valence-electron chi connectivity index (χ4n) is 20.6. The summed E-state index contributed by atoms with van der Waals surface area (Å²) in [6, 6.07) is 144. The van der Waals surface area contributed by atoms with E-state index in [4.69, 9.17) is 29.9 Å². The SMILES string of the molecule is CC1(C)c2ccc(-c3cc(-c4ccc(-c5cccnc5)cc4)nc(-c4ccccc4)n3)cc2-c2ccc3ccccc3c21.CC1(C)c2ccccc2-c2c(-c3cc(-c4ccc(-c5cccnc5)cc4)nc(-c4ccccc4)n3)cccc21.c1ccc(-c2nc(-c3ccc(-c4cccnc4)cc3)cc(-c3cccc4c3-c3ccccc3C43c4ccccc4-c4ccccc43)n2)cc1. The summed E-state index contributed by atoms with van der Waals surface area (Å²) in [6.45, 7) is 9.31. The Bertz CT molecular complexity index is 7920. The molecule has 21 aromatic rings. The van der Waals surface area contributed by atoms with E-state index >= 15 is 0 Å². The van der Waals surface area contributed by atoms with E-state index in [1.807, 2.05) is 91.4 Å². The minimum Gasteiger partial charge on any atom is -0.264 e. The molecule has 0 N–H and O–H groups in total. The van der Waals surface area contributed by atoms with Crippen molar-refractivity contribution >= 4 is 10.8 Å². The molecule has 0 saturated carbocycles. The van der Waals surface area contributed by atoms with Gasteiger partial charge in [-0.25, -0.2) is 29.9 Å². The number of rotatable bonds is 12. The van der Waals surface area contributed by atoms with Crippen LogP contribution in [0.2, 0.25) is 0 Å².